The Hall–Kier alpha value is -1.11. The van der Waals surface area contributed by atoms with Crippen molar-refractivity contribution in [2.24, 2.45) is 4.99 Å². The normalized spacial score (nSPS) is 17.1. The van der Waals surface area contributed by atoms with Gasteiger partial charge >= 0.3 is 0 Å². The van der Waals surface area contributed by atoms with Crippen LogP contribution in [0.3, 0.4) is 0 Å². The van der Waals surface area contributed by atoms with Crippen molar-refractivity contribution in [2.75, 3.05) is 39.9 Å². The van der Waals surface area contributed by atoms with Crippen molar-refractivity contribution in [3.8, 4) is 0 Å². The van der Waals surface area contributed by atoms with E-state index in [1.165, 1.54) is 12.0 Å². The van der Waals surface area contributed by atoms with E-state index in [1.807, 2.05) is 11.3 Å². The van der Waals surface area contributed by atoms with Crippen molar-refractivity contribution in [1.82, 2.24) is 15.5 Å². The highest BCUT2D eigenvalue weighted by Crippen LogP contribution is 2.23. The van der Waals surface area contributed by atoms with E-state index >= 15 is 0 Å². The summed E-state index contributed by atoms with van der Waals surface area (Å²) in [7, 11) is 1.72. The first-order valence-electron chi connectivity index (χ1n) is 8.04. The molecule has 0 radical (unpaired) electrons. The monoisotopic (exact) mass is 324 g/mol. The molecule has 5 nitrogen and oxygen atoms in total. The number of nitrogens with one attached hydrogen (secondary N) is 2. The molecule has 22 heavy (non-hydrogen) atoms. The van der Waals surface area contributed by atoms with Gasteiger partial charge in [-0.15, -0.1) is 11.3 Å². The number of fused-ring (bicyclic) bond motifs is 1. The highest BCUT2D eigenvalue weighted by molar-refractivity contribution is 7.10. The molecule has 0 amide bonds. The molecular weight excluding hydrogens is 296 g/mol. The summed E-state index contributed by atoms with van der Waals surface area (Å²) in [6.45, 7) is 9.76. The third kappa shape index (κ3) is 5.26. The summed E-state index contributed by atoms with van der Waals surface area (Å²) in [5, 5.41) is 8.86. The molecule has 0 fully saturated rings. The van der Waals surface area contributed by atoms with Gasteiger partial charge in [-0.25, -0.2) is 0 Å². The Morgan fingerprint density at radius 2 is 2.41 bits per heavy atom. The van der Waals surface area contributed by atoms with Gasteiger partial charge in [0.1, 0.15) is 0 Å². The maximum absolute atomic E-state index is 5.16. The molecule has 2 N–H and O–H groups in total. The van der Waals surface area contributed by atoms with Gasteiger partial charge in [0.05, 0.1) is 13.2 Å². The summed E-state index contributed by atoms with van der Waals surface area (Å²) in [4.78, 5) is 8.72. The van der Waals surface area contributed by atoms with E-state index in [1.54, 1.807) is 12.0 Å². The van der Waals surface area contributed by atoms with Crippen LogP contribution < -0.4 is 10.6 Å². The van der Waals surface area contributed by atoms with Crippen LogP contribution in [0, 0.1) is 0 Å². The predicted octanol–water partition coefficient (Wildman–Crippen LogP) is 1.70. The maximum Gasteiger partial charge on any atom is 0.191 e. The molecule has 0 bridgehead atoms. The highest BCUT2D eigenvalue weighted by atomic mass is 32.1. The molecule has 0 aromatic carbocycles. The molecule has 1 aliphatic rings. The Morgan fingerprint density at radius 1 is 1.55 bits per heavy atom. The van der Waals surface area contributed by atoms with E-state index in [0.29, 0.717) is 6.61 Å². The lowest BCUT2D eigenvalue weighted by Crippen LogP contribution is -2.44. The van der Waals surface area contributed by atoms with E-state index in [4.69, 9.17) is 4.74 Å². The van der Waals surface area contributed by atoms with Crippen LogP contribution in [0.2, 0.25) is 0 Å². The van der Waals surface area contributed by atoms with Gasteiger partial charge in [0, 0.05) is 44.2 Å². The fourth-order valence-electron chi connectivity index (χ4n) is 2.65. The van der Waals surface area contributed by atoms with E-state index < -0.39 is 0 Å². The molecule has 6 heteroatoms. The summed E-state index contributed by atoms with van der Waals surface area (Å²) < 4.78 is 5.16. The molecule has 0 saturated heterocycles. The van der Waals surface area contributed by atoms with Gasteiger partial charge in [-0.1, -0.05) is 0 Å². The second-order valence-corrected chi connectivity index (χ2v) is 6.66. The molecule has 2 heterocycles. The number of guanidine groups is 1. The molecule has 2 rings (SSSR count). The van der Waals surface area contributed by atoms with Gasteiger partial charge in [0.25, 0.3) is 0 Å². The lowest BCUT2D eigenvalue weighted by Gasteiger charge is -2.26. The summed E-state index contributed by atoms with van der Waals surface area (Å²) in [6, 6.07) is 2.51. The molecule has 1 unspecified atom stereocenters. The van der Waals surface area contributed by atoms with Crippen molar-refractivity contribution < 1.29 is 4.74 Å². The number of rotatable bonds is 7. The predicted molar refractivity (Wildman–Crippen MR) is 93.8 cm³/mol. The molecule has 0 aliphatic carbocycles. The van der Waals surface area contributed by atoms with Crippen molar-refractivity contribution in [2.45, 2.75) is 32.9 Å². The molecule has 1 atom stereocenters. The zero-order valence-electron chi connectivity index (χ0n) is 13.9. The van der Waals surface area contributed by atoms with Gasteiger partial charge in [-0.05, 0) is 37.3 Å². The largest absolute Gasteiger partial charge is 0.383 e. The number of ether oxygens (including phenoxy) is 1. The topological polar surface area (TPSA) is 48.9 Å². The molecule has 1 aromatic rings. The Bertz CT molecular complexity index is 474. The van der Waals surface area contributed by atoms with Crippen LogP contribution in [-0.2, 0) is 17.7 Å². The molecular formula is C16H28N4OS. The van der Waals surface area contributed by atoms with Crippen molar-refractivity contribution >= 4 is 17.3 Å². The van der Waals surface area contributed by atoms with Crippen molar-refractivity contribution in [3.05, 3.63) is 21.9 Å². The Morgan fingerprint density at radius 3 is 3.18 bits per heavy atom. The molecule has 1 aromatic heterocycles. The van der Waals surface area contributed by atoms with Crippen LogP contribution in [-0.4, -0.2) is 56.8 Å². The smallest absolute Gasteiger partial charge is 0.191 e. The SMILES string of the molecule is CCNC(=NCCN1CCc2sccc2C1)NC(C)COC. The molecule has 1 aliphatic heterocycles. The Kier molecular flexibility index (Phi) is 7.15. The minimum absolute atomic E-state index is 0.256. The number of methoxy groups -OCH3 is 1. The van der Waals surface area contributed by atoms with Gasteiger partial charge in [-0.2, -0.15) is 0 Å². The quantitative estimate of drug-likeness (QED) is 0.592. The van der Waals surface area contributed by atoms with Gasteiger partial charge in [-0.3, -0.25) is 9.89 Å². The first-order chi connectivity index (χ1) is 10.7. The zero-order valence-corrected chi connectivity index (χ0v) is 14.7. The van der Waals surface area contributed by atoms with E-state index in [-0.39, 0.29) is 6.04 Å². The lowest BCUT2D eigenvalue weighted by atomic mass is 10.1. The third-order valence-corrected chi connectivity index (χ3v) is 4.74. The van der Waals surface area contributed by atoms with Crippen LogP contribution in [0.15, 0.2) is 16.4 Å². The highest BCUT2D eigenvalue weighted by Gasteiger charge is 2.16. The maximum atomic E-state index is 5.16. The number of hydrogen-bond acceptors (Lipinski definition) is 4. The first-order valence-corrected chi connectivity index (χ1v) is 8.92. The third-order valence-electron chi connectivity index (χ3n) is 3.72. The van der Waals surface area contributed by atoms with Crippen molar-refractivity contribution in [1.29, 1.82) is 0 Å². The first kappa shape index (κ1) is 17.2. The average Bonchev–Trinajstić information content (AvgIpc) is 2.95. The minimum atomic E-state index is 0.256. The van der Waals surface area contributed by atoms with Crippen LogP contribution >= 0.6 is 11.3 Å². The Balaban J connectivity index is 1.78. The summed E-state index contributed by atoms with van der Waals surface area (Å²) in [5.41, 5.74) is 1.50. The summed E-state index contributed by atoms with van der Waals surface area (Å²) >= 11 is 1.89. The van der Waals surface area contributed by atoms with E-state index in [2.05, 4.69) is 45.8 Å². The van der Waals surface area contributed by atoms with E-state index in [0.717, 1.165) is 38.7 Å². The van der Waals surface area contributed by atoms with Crippen LogP contribution in [0.5, 0.6) is 0 Å². The van der Waals surface area contributed by atoms with Crippen LogP contribution in [0.1, 0.15) is 24.3 Å². The lowest BCUT2D eigenvalue weighted by molar-refractivity contribution is 0.179. The second-order valence-electron chi connectivity index (χ2n) is 5.66. The summed E-state index contributed by atoms with van der Waals surface area (Å²) in [6.07, 6.45) is 1.18. The van der Waals surface area contributed by atoms with Crippen molar-refractivity contribution in [3.63, 3.8) is 0 Å². The fraction of sp³-hybridized carbons (Fsp3) is 0.688. The fourth-order valence-corrected chi connectivity index (χ4v) is 3.54. The Labute approximate surface area is 137 Å². The van der Waals surface area contributed by atoms with E-state index in [9.17, 15) is 0 Å². The molecule has 124 valence electrons. The zero-order chi connectivity index (χ0) is 15.8. The second kappa shape index (κ2) is 9.12. The number of hydrogen-bond donors (Lipinski definition) is 2. The van der Waals surface area contributed by atoms with Crippen LogP contribution in [0.25, 0.3) is 0 Å². The molecule has 0 spiro atoms. The number of thiophene rings is 1. The minimum Gasteiger partial charge on any atom is -0.383 e. The standard InChI is InChI=1S/C16H28N4OS/c1-4-17-16(19-13(2)12-21-3)18-7-9-20-8-5-15-14(11-20)6-10-22-15/h6,10,13H,4-5,7-9,11-12H2,1-3H3,(H2,17,18,19). The van der Waals surface area contributed by atoms with Gasteiger partial charge in [0.15, 0.2) is 5.96 Å². The van der Waals surface area contributed by atoms with Gasteiger partial charge < -0.3 is 15.4 Å². The average molecular weight is 324 g/mol. The summed E-state index contributed by atoms with van der Waals surface area (Å²) in [5.74, 6) is 0.875. The van der Waals surface area contributed by atoms with Gasteiger partial charge in [0.2, 0.25) is 0 Å². The number of nitrogens with zero attached hydrogens (tertiary/aromatic N) is 2. The van der Waals surface area contributed by atoms with Crippen LogP contribution in [0.4, 0.5) is 0 Å². The number of aliphatic imine (C=N–C) groups is 1. The molecule has 0 saturated carbocycles.